The van der Waals surface area contributed by atoms with Gasteiger partial charge >= 0.3 is 12.1 Å². The van der Waals surface area contributed by atoms with Gasteiger partial charge in [-0.3, -0.25) is 9.78 Å². The molecular weight excluding hydrogens is 431 g/mol. The van der Waals surface area contributed by atoms with Crippen molar-refractivity contribution in [3.8, 4) is 10.4 Å². The number of carbonyl (C=O) groups is 1. The van der Waals surface area contributed by atoms with Crippen LogP contribution in [0.4, 0.5) is 18.9 Å². The molecule has 1 aromatic carbocycles. The summed E-state index contributed by atoms with van der Waals surface area (Å²) in [7, 11) is 1.71. The number of fused-ring (bicyclic) bond motifs is 1. The number of carbonyl (C=O) groups excluding carboxylic acids is 1. The molecule has 0 amide bonds. The first-order valence-electron chi connectivity index (χ1n) is 9.79. The number of hydrogen-bond acceptors (Lipinski definition) is 6. The molecule has 0 saturated heterocycles. The Morgan fingerprint density at radius 2 is 1.97 bits per heavy atom. The fourth-order valence-corrected chi connectivity index (χ4v) is 4.48. The van der Waals surface area contributed by atoms with Gasteiger partial charge in [0.2, 0.25) is 0 Å². The van der Waals surface area contributed by atoms with E-state index < -0.39 is 18.2 Å². The largest absolute Gasteiger partial charge is 0.490 e. The highest BCUT2D eigenvalue weighted by atomic mass is 32.1. The van der Waals surface area contributed by atoms with Crippen molar-refractivity contribution in [1.29, 1.82) is 0 Å². The number of pyridine rings is 1. The molecule has 2 aromatic heterocycles. The predicted octanol–water partition coefficient (Wildman–Crippen LogP) is 4.49. The van der Waals surface area contributed by atoms with Crippen molar-refractivity contribution in [2.45, 2.75) is 44.0 Å². The average molecular weight is 451 g/mol. The summed E-state index contributed by atoms with van der Waals surface area (Å²) in [6.07, 6.45) is -2.23. The maximum atomic E-state index is 12.4. The molecule has 164 valence electrons. The quantitative estimate of drug-likeness (QED) is 0.592. The highest BCUT2D eigenvalue weighted by Crippen LogP contribution is 2.32. The van der Waals surface area contributed by atoms with E-state index in [4.69, 9.17) is 0 Å². The second-order valence-electron chi connectivity index (χ2n) is 7.57. The number of benzene rings is 1. The highest BCUT2D eigenvalue weighted by molar-refractivity contribution is 7.13. The lowest BCUT2D eigenvalue weighted by atomic mass is 9.92. The smallest absolute Gasteiger partial charge is 0.456 e. The molecule has 0 spiro atoms. The highest BCUT2D eigenvalue weighted by Gasteiger charge is 2.42. The van der Waals surface area contributed by atoms with Crippen LogP contribution < -0.4 is 10.9 Å². The van der Waals surface area contributed by atoms with E-state index in [9.17, 15) is 22.8 Å². The number of ether oxygens (including phenoxy) is 1. The van der Waals surface area contributed by atoms with Gasteiger partial charge in [0.15, 0.2) is 0 Å². The summed E-state index contributed by atoms with van der Waals surface area (Å²) >= 11 is 1.52. The molecule has 0 aliphatic heterocycles. The minimum atomic E-state index is -4.98. The van der Waals surface area contributed by atoms with E-state index in [1.165, 1.54) is 17.4 Å². The lowest BCUT2D eigenvalue weighted by Gasteiger charge is -2.30. The number of anilines is 1. The van der Waals surface area contributed by atoms with E-state index in [-0.39, 0.29) is 11.6 Å². The van der Waals surface area contributed by atoms with Crippen LogP contribution in [0.25, 0.3) is 21.3 Å². The van der Waals surface area contributed by atoms with Gasteiger partial charge in [0.1, 0.15) is 6.10 Å². The molecule has 0 radical (unpaired) electrons. The van der Waals surface area contributed by atoms with Gasteiger partial charge < -0.3 is 14.6 Å². The first kappa shape index (κ1) is 21.4. The van der Waals surface area contributed by atoms with Crippen molar-refractivity contribution in [2.75, 3.05) is 5.32 Å². The van der Waals surface area contributed by atoms with E-state index in [0.717, 1.165) is 21.3 Å². The minimum absolute atomic E-state index is 0.0387. The lowest BCUT2D eigenvalue weighted by molar-refractivity contribution is -0.206. The fraction of sp³-hybridized carbons (Fsp3) is 0.381. The van der Waals surface area contributed by atoms with Crippen molar-refractivity contribution in [3.05, 3.63) is 46.3 Å². The van der Waals surface area contributed by atoms with Gasteiger partial charge in [-0.2, -0.15) is 13.2 Å². The number of nitrogens with one attached hydrogen (secondary N) is 1. The molecule has 1 aliphatic rings. The van der Waals surface area contributed by atoms with Crippen molar-refractivity contribution in [3.63, 3.8) is 0 Å². The van der Waals surface area contributed by atoms with Crippen LogP contribution >= 0.6 is 11.3 Å². The zero-order valence-electron chi connectivity index (χ0n) is 16.6. The molecule has 1 N–H and O–H groups in total. The van der Waals surface area contributed by atoms with Crippen molar-refractivity contribution >= 4 is 33.9 Å². The Hall–Kier alpha value is -2.88. The van der Waals surface area contributed by atoms with E-state index in [2.05, 4.69) is 15.0 Å². The van der Waals surface area contributed by atoms with E-state index in [0.29, 0.717) is 31.4 Å². The summed E-state index contributed by atoms with van der Waals surface area (Å²) in [5, 5.41) is 4.25. The second kappa shape index (κ2) is 8.33. The molecule has 0 atom stereocenters. The predicted molar refractivity (Wildman–Crippen MR) is 112 cm³/mol. The van der Waals surface area contributed by atoms with Crippen molar-refractivity contribution < 1.29 is 22.7 Å². The molecule has 10 heteroatoms. The summed E-state index contributed by atoms with van der Waals surface area (Å²) in [6.45, 7) is 0. The van der Waals surface area contributed by atoms with Gasteiger partial charge in [-0.05, 0) is 43.4 Å². The summed E-state index contributed by atoms with van der Waals surface area (Å²) in [5.41, 5.74) is 4.03. The summed E-state index contributed by atoms with van der Waals surface area (Å²) in [4.78, 5) is 28.6. The molecular formula is C21H20F3N3O3S. The summed E-state index contributed by atoms with van der Waals surface area (Å²) < 4.78 is 43.3. The standard InChI is InChI=1S/C21H20F3N3O3S/c1-27-17-7-2-12(18-10-25-11-31-18)8-15(17)16(9-19(27)28)26-13-3-5-14(6-4-13)30-20(29)21(22,23)24/h2,7-11,13-14,26H,3-6H2,1H3/t13-,14+. The molecule has 0 unspecified atom stereocenters. The Morgan fingerprint density at radius 1 is 1.23 bits per heavy atom. The maximum Gasteiger partial charge on any atom is 0.490 e. The van der Waals surface area contributed by atoms with Gasteiger partial charge in [0.25, 0.3) is 5.56 Å². The number of halogens is 3. The van der Waals surface area contributed by atoms with Crippen LogP contribution in [0, 0.1) is 0 Å². The molecule has 31 heavy (non-hydrogen) atoms. The number of hydrogen-bond donors (Lipinski definition) is 1. The van der Waals surface area contributed by atoms with Gasteiger partial charge in [-0.25, -0.2) is 4.79 Å². The first-order chi connectivity index (χ1) is 14.7. The number of aryl methyl sites for hydroxylation is 1. The molecule has 6 nitrogen and oxygen atoms in total. The summed E-state index contributed by atoms with van der Waals surface area (Å²) in [5.74, 6) is -2.14. The number of rotatable bonds is 4. The number of esters is 1. The van der Waals surface area contributed by atoms with Crippen LogP contribution in [0.1, 0.15) is 25.7 Å². The van der Waals surface area contributed by atoms with Gasteiger partial charge in [0, 0.05) is 36.4 Å². The molecule has 1 saturated carbocycles. The van der Waals surface area contributed by atoms with E-state index in [1.807, 2.05) is 18.2 Å². The molecule has 3 aromatic rings. The van der Waals surface area contributed by atoms with Crippen LogP contribution in [0.2, 0.25) is 0 Å². The zero-order valence-corrected chi connectivity index (χ0v) is 17.4. The molecule has 1 aliphatic carbocycles. The Morgan fingerprint density at radius 3 is 2.61 bits per heavy atom. The normalized spacial score (nSPS) is 19.4. The van der Waals surface area contributed by atoms with Crippen LogP contribution in [-0.4, -0.2) is 33.8 Å². The Labute approximate surface area is 179 Å². The number of thiazole rings is 1. The van der Waals surface area contributed by atoms with Crippen LogP contribution in [0.5, 0.6) is 0 Å². The van der Waals surface area contributed by atoms with Gasteiger partial charge in [-0.1, -0.05) is 6.07 Å². The van der Waals surface area contributed by atoms with Gasteiger partial charge in [0.05, 0.1) is 15.9 Å². The van der Waals surface area contributed by atoms with E-state index in [1.54, 1.807) is 23.3 Å². The number of nitrogens with zero attached hydrogens (tertiary/aromatic N) is 2. The van der Waals surface area contributed by atoms with Crippen molar-refractivity contribution in [2.24, 2.45) is 7.05 Å². The average Bonchev–Trinajstić information content (AvgIpc) is 3.27. The Kier molecular flexibility index (Phi) is 5.74. The third-order valence-electron chi connectivity index (χ3n) is 5.50. The third kappa shape index (κ3) is 4.58. The molecule has 2 heterocycles. The molecule has 4 rings (SSSR count). The monoisotopic (exact) mass is 451 g/mol. The zero-order chi connectivity index (χ0) is 22.2. The summed E-state index contributed by atoms with van der Waals surface area (Å²) in [6, 6.07) is 7.34. The molecule has 1 fully saturated rings. The fourth-order valence-electron chi connectivity index (χ4n) is 3.86. The van der Waals surface area contributed by atoms with Crippen LogP contribution in [0.3, 0.4) is 0 Å². The SMILES string of the molecule is Cn1c(=O)cc(N[C@H]2CC[C@@H](OC(=O)C(F)(F)F)CC2)c2cc(-c3cncs3)ccc21. The van der Waals surface area contributed by atoms with Crippen LogP contribution in [0.15, 0.2) is 40.8 Å². The van der Waals surface area contributed by atoms with Crippen LogP contribution in [-0.2, 0) is 16.6 Å². The topological polar surface area (TPSA) is 73.2 Å². The minimum Gasteiger partial charge on any atom is -0.456 e. The van der Waals surface area contributed by atoms with Crippen molar-refractivity contribution in [1.82, 2.24) is 9.55 Å². The Balaban J connectivity index is 1.53. The third-order valence-corrected chi connectivity index (χ3v) is 6.32. The number of aromatic nitrogens is 2. The molecule has 0 bridgehead atoms. The number of alkyl halides is 3. The van der Waals surface area contributed by atoms with E-state index >= 15 is 0 Å². The maximum absolute atomic E-state index is 12.4. The lowest BCUT2D eigenvalue weighted by Crippen LogP contribution is -2.35. The Bertz CT molecular complexity index is 1150. The second-order valence-corrected chi connectivity index (χ2v) is 8.46. The first-order valence-corrected chi connectivity index (χ1v) is 10.7. The van der Waals surface area contributed by atoms with Gasteiger partial charge in [-0.15, -0.1) is 11.3 Å².